The van der Waals surface area contributed by atoms with E-state index < -0.39 is 11.8 Å². The van der Waals surface area contributed by atoms with Crippen molar-refractivity contribution in [1.82, 2.24) is 35.9 Å². The summed E-state index contributed by atoms with van der Waals surface area (Å²) in [4.78, 5) is 42.8. The first-order valence-electron chi connectivity index (χ1n) is 11.7. The molecule has 1 saturated heterocycles. The van der Waals surface area contributed by atoms with Crippen LogP contribution in [-0.4, -0.2) is 63.3 Å². The van der Waals surface area contributed by atoms with Gasteiger partial charge in [-0.15, -0.1) is 0 Å². The first-order chi connectivity index (χ1) is 17.0. The van der Waals surface area contributed by atoms with Crippen molar-refractivity contribution in [3.63, 3.8) is 0 Å². The van der Waals surface area contributed by atoms with E-state index in [9.17, 15) is 9.59 Å². The zero-order chi connectivity index (χ0) is 24.6. The zero-order valence-corrected chi connectivity index (χ0v) is 19.5. The highest BCUT2D eigenvalue weighted by molar-refractivity contribution is 6.44. The van der Waals surface area contributed by atoms with E-state index in [-0.39, 0.29) is 34.9 Å². The van der Waals surface area contributed by atoms with Crippen molar-refractivity contribution < 1.29 is 14.3 Å². The molecule has 1 saturated carbocycles. The van der Waals surface area contributed by atoms with Crippen LogP contribution in [0, 0.1) is 5.41 Å². The van der Waals surface area contributed by atoms with E-state index in [1.54, 1.807) is 18.6 Å². The summed E-state index contributed by atoms with van der Waals surface area (Å²) in [5.74, 6) is -0.705. The first-order valence-corrected chi connectivity index (χ1v) is 11.7. The van der Waals surface area contributed by atoms with Gasteiger partial charge < -0.3 is 26.0 Å². The second-order valence-electron chi connectivity index (χ2n) is 8.31. The molecule has 0 spiro atoms. The Hall–Kier alpha value is -3.93. The molecule has 0 radical (unpaired) electrons. The first kappa shape index (κ1) is 24.2. The third kappa shape index (κ3) is 6.57. The predicted octanol–water partition coefficient (Wildman–Crippen LogP) is 1.38. The molecule has 2 aliphatic rings. The third-order valence-corrected chi connectivity index (χ3v) is 5.53. The number of hydrogen-bond donors (Lipinski definition) is 5. The monoisotopic (exact) mass is 479 g/mol. The Morgan fingerprint density at radius 2 is 2.00 bits per heavy atom. The van der Waals surface area contributed by atoms with Crippen LogP contribution in [0.1, 0.15) is 54.7 Å². The fourth-order valence-corrected chi connectivity index (χ4v) is 3.51. The van der Waals surface area contributed by atoms with Crippen LogP contribution in [0.3, 0.4) is 0 Å². The fraction of sp³-hybridized carbons (Fsp3) is 0.435. The standard InChI is InChI=1S/C23H29N9O3/c1-2-25-11-18(19(24)22(33)29-10-16-4-3-7-35-16)32-23(34)20-21(30-15-8-26-13-27-9-15)28-12-17(31-20)14-5-6-14/h8-9,11-14,16,24-25H,2-7,10H2,1H3,(H,28,30)(H,29,33)(H,32,34)/b18-11+,24-19?. The van der Waals surface area contributed by atoms with Crippen LogP contribution >= 0.6 is 0 Å². The van der Waals surface area contributed by atoms with Crippen LogP contribution < -0.4 is 21.3 Å². The van der Waals surface area contributed by atoms with Gasteiger partial charge in [0.1, 0.15) is 12.0 Å². The highest BCUT2D eigenvalue weighted by Gasteiger charge is 2.28. The lowest BCUT2D eigenvalue weighted by Gasteiger charge is -2.15. The van der Waals surface area contributed by atoms with Gasteiger partial charge in [-0.25, -0.2) is 19.9 Å². The minimum absolute atomic E-state index is 0.0225. The number of anilines is 2. The molecule has 2 amide bonds. The number of nitrogens with zero attached hydrogens (tertiary/aromatic N) is 4. The van der Waals surface area contributed by atoms with E-state index in [4.69, 9.17) is 10.1 Å². The summed E-state index contributed by atoms with van der Waals surface area (Å²) in [6.07, 6.45) is 11.3. The summed E-state index contributed by atoms with van der Waals surface area (Å²) in [5, 5.41) is 19.7. The van der Waals surface area contributed by atoms with Crippen molar-refractivity contribution in [2.24, 2.45) is 0 Å². The number of rotatable bonds is 11. The van der Waals surface area contributed by atoms with Gasteiger partial charge in [-0.2, -0.15) is 0 Å². The fourth-order valence-electron chi connectivity index (χ4n) is 3.51. The van der Waals surface area contributed by atoms with E-state index in [2.05, 4.69) is 41.2 Å². The van der Waals surface area contributed by atoms with Gasteiger partial charge in [0.25, 0.3) is 11.8 Å². The van der Waals surface area contributed by atoms with Crippen LogP contribution in [0.2, 0.25) is 0 Å². The highest BCUT2D eigenvalue weighted by Crippen LogP contribution is 2.39. The minimum Gasteiger partial charge on any atom is -0.389 e. The Morgan fingerprint density at radius 3 is 2.69 bits per heavy atom. The van der Waals surface area contributed by atoms with E-state index in [1.165, 1.54) is 12.5 Å². The zero-order valence-electron chi connectivity index (χ0n) is 19.5. The number of amides is 2. The van der Waals surface area contributed by atoms with Crippen molar-refractivity contribution in [2.75, 3.05) is 25.0 Å². The van der Waals surface area contributed by atoms with Crippen LogP contribution in [-0.2, 0) is 9.53 Å². The minimum atomic E-state index is -0.609. The quantitative estimate of drug-likeness (QED) is 0.299. The molecule has 3 heterocycles. The van der Waals surface area contributed by atoms with Gasteiger partial charge in [0.15, 0.2) is 11.5 Å². The number of carbonyl (C=O) groups excluding carboxylic acids is 2. The average molecular weight is 480 g/mol. The van der Waals surface area contributed by atoms with Gasteiger partial charge in [-0.3, -0.25) is 15.0 Å². The molecule has 5 N–H and O–H groups in total. The summed E-state index contributed by atoms with van der Waals surface area (Å²) in [6, 6.07) is 0. The Balaban J connectivity index is 1.51. The van der Waals surface area contributed by atoms with Crippen LogP contribution in [0.4, 0.5) is 11.5 Å². The number of aromatic nitrogens is 4. The van der Waals surface area contributed by atoms with Crippen LogP contribution in [0.15, 0.2) is 36.8 Å². The molecule has 1 aliphatic heterocycles. The Labute approximate surface area is 202 Å². The van der Waals surface area contributed by atoms with Crippen LogP contribution in [0.25, 0.3) is 0 Å². The van der Waals surface area contributed by atoms with Gasteiger partial charge in [-0.1, -0.05) is 0 Å². The van der Waals surface area contributed by atoms with Gasteiger partial charge in [0.05, 0.1) is 41.8 Å². The molecule has 12 nitrogen and oxygen atoms in total. The Kier molecular flexibility index (Phi) is 7.93. The van der Waals surface area contributed by atoms with E-state index in [1.807, 2.05) is 6.92 Å². The lowest BCUT2D eigenvalue weighted by molar-refractivity contribution is -0.115. The molecule has 1 aliphatic carbocycles. The largest absolute Gasteiger partial charge is 0.389 e. The lowest BCUT2D eigenvalue weighted by atomic mass is 10.2. The molecule has 2 aromatic rings. The molecule has 0 bridgehead atoms. The number of hydrogen-bond acceptors (Lipinski definition) is 10. The third-order valence-electron chi connectivity index (χ3n) is 5.53. The average Bonchev–Trinajstić information content (AvgIpc) is 3.60. The topological polar surface area (TPSA) is 167 Å². The van der Waals surface area contributed by atoms with Gasteiger partial charge >= 0.3 is 0 Å². The van der Waals surface area contributed by atoms with E-state index in [0.717, 1.165) is 31.4 Å². The maximum Gasteiger partial charge on any atom is 0.278 e. The summed E-state index contributed by atoms with van der Waals surface area (Å²) in [6.45, 7) is 3.39. The predicted molar refractivity (Wildman–Crippen MR) is 128 cm³/mol. The number of nitrogens with one attached hydrogen (secondary N) is 5. The molecular formula is C23H29N9O3. The lowest BCUT2D eigenvalue weighted by Crippen LogP contribution is -2.41. The molecule has 2 aromatic heterocycles. The maximum atomic E-state index is 13.3. The van der Waals surface area contributed by atoms with Crippen LogP contribution in [0.5, 0.6) is 0 Å². The van der Waals surface area contributed by atoms with Crippen molar-refractivity contribution in [2.45, 2.75) is 44.6 Å². The molecule has 35 heavy (non-hydrogen) atoms. The van der Waals surface area contributed by atoms with Crippen molar-refractivity contribution in [1.29, 1.82) is 5.41 Å². The molecule has 2 fully saturated rings. The summed E-state index contributed by atoms with van der Waals surface area (Å²) in [5.41, 5.74) is 0.961. The van der Waals surface area contributed by atoms with Gasteiger partial charge in [-0.05, 0) is 32.6 Å². The Bertz CT molecular complexity index is 1100. The second kappa shape index (κ2) is 11.5. The summed E-state index contributed by atoms with van der Waals surface area (Å²) in [7, 11) is 0. The normalized spacial score (nSPS) is 17.5. The Morgan fingerprint density at radius 1 is 1.20 bits per heavy atom. The summed E-state index contributed by atoms with van der Waals surface area (Å²) < 4.78 is 5.52. The highest BCUT2D eigenvalue weighted by atomic mass is 16.5. The maximum absolute atomic E-state index is 13.3. The van der Waals surface area contributed by atoms with E-state index >= 15 is 0 Å². The molecule has 1 unspecified atom stereocenters. The molecule has 1 atom stereocenters. The van der Waals surface area contributed by atoms with Crippen molar-refractivity contribution >= 4 is 29.0 Å². The van der Waals surface area contributed by atoms with Crippen molar-refractivity contribution in [3.05, 3.63) is 48.2 Å². The molecule has 4 rings (SSSR count). The second-order valence-corrected chi connectivity index (χ2v) is 8.31. The SMILES string of the molecule is CCN/C=C(/NC(=O)c1nc(C2CC2)cnc1Nc1cncnc1)C(=N)C(=O)NCC1CCCO1. The molecule has 12 heteroatoms. The number of carbonyl (C=O) groups is 2. The summed E-state index contributed by atoms with van der Waals surface area (Å²) >= 11 is 0. The smallest absolute Gasteiger partial charge is 0.278 e. The van der Waals surface area contributed by atoms with Gasteiger partial charge in [0.2, 0.25) is 0 Å². The van der Waals surface area contributed by atoms with Crippen molar-refractivity contribution in [3.8, 4) is 0 Å². The molecule has 0 aromatic carbocycles. The molecular weight excluding hydrogens is 450 g/mol. The molecule has 184 valence electrons. The van der Waals surface area contributed by atoms with E-state index in [0.29, 0.717) is 25.4 Å². The number of ether oxygens (including phenoxy) is 1. The van der Waals surface area contributed by atoms with Gasteiger partial charge in [0, 0.05) is 31.8 Å².